The van der Waals surface area contributed by atoms with Crippen molar-refractivity contribution in [2.75, 3.05) is 5.75 Å². The Morgan fingerprint density at radius 2 is 2.20 bits per heavy atom. The zero-order valence-electron chi connectivity index (χ0n) is 11.1. The van der Waals surface area contributed by atoms with E-state index < -0.39 is 0 Å². The summed E-state index contributed by atoms with van der Waals surface area (Å²) >= 11 is 1.54. The molecule has 0 radical (unpaired) electrons. The van der Waals surface area contributed by atoms with Crippen LogP contribution in [0.25, 0.3) is 0 Å². The zero-order valence-corrected chi connectivity index (χ0v) is 11.9. The average molecular weight is 293 g/mol. The highest BCUT2D eigenvalue weighted by molar-refractivity contribution is 7.99. The highest BCUT2D eigenvalue weighted by Crippen LogP contribution is 2.19. The predicted octanol–water partition coefficient (Wildman–Crippen LogP) is 2.91. The van der Waals surface area contributed by atoms with Gasteiger partial charge >= 0.3 is 0 Å². The number of benzene rings is 1. The molecule has 0 saturated carbocycles. The summed E-state index contributed by atoms with van der Waals surface area (Å²) < 4.78 is 12.7. The fourth-order valence-corrected chi connectivity index (χ4v) is 2.54. The molecule has 0 aliphatic heterocycles. The Morgan fingerprint density at radius 3 is 2.85 bits per heavy atom. The monoisotopic (exact) mass is 293 g/mol. The molecule has 1 amide bonds. The molecule has 2 rings (SSSR count). The van der Waals surface area contributed by atoms with Gasteiger partial charge in [0.25, 0.3) is 0 Å². The number of H-pyrrole nitrogens is 1. The van der Waals surface area contributed by atoms with E-state index in [-0.39, 0.29) is 17.8 Å². The minimum absolute atomic E-state index is 0.00619. The van der Waals surface area contributed by atoms with Crippen LogP contribution in [0.5, 0.6) is 0 Å². The van der Waals surface area contributed by atoms with Crippen LogP contribution >= 0.6 is 11.8 Å². The minimum atomic E-state index is -0.249. The molecule has 1 aromatic carbocycles. The molecule has 4 nitrogen and oxygen atoms in total. The molecule has 6 heteroatoms. The third-order valence-electron chi connectivity index (χ3n) is 2.81. The molecule has 1 heterocycles. The van der Waals surface area contributed by atoms with E-state index in [1.165, 1.54) is 23.9 Å². The molecule has 0 aliphatic rings. The molecule has 2 aromatic rings. The lowest BCUT2D eigenvalue weighted by Gasteiger charge is -2.11. The second kappa shape index (κ2) is 7.09. The van der Waals surface area contributed by atoms with E-state index >= 15 is 0 Å². The van der Waals surface area contributed by atoms with E-state index in [1.807, 2.05) is 6.92 Å². The number of amides is 1. The maximum Gasteiger partial charge on any atom is 0.221 e. The number of thioether (sulfide) groups is 1. The van der Waals surface area contributed by atoms with E-state index in [1.54, 1.807) is 24.5 Å². The van der Waals surface area contributed by atoms with Gasteiger partial charge in [-0.15, -0.1) is 11.8 Å². The van der Waals surface area contributed by atoms with Crippen molar-refractivity contribution in [2.45, 2.75) is 24.3 Å². The number of aromatic nitrogens is 2. The Hall–Kier alpha value is -1.82. The molecular weight excluding hydrogens is 277 g/mol. The SMILES string of the molecule is CC(NC(=O)CCSc1ccc(F)cc1)c1cn[nH]c1. The summed E-state index contributed by atoms with van der Waals surface area (Å²) in [6.45, 7) is 1.91. The van der Waals surface area contributed by atoms with Crippen LogP contribution in [0.15, 0.2) is 41.6 Å². The fraction of sp³-hybridized carbons (Fsp3) is 0.286. The predicted molar refractivity (Wildman–Crippen MR) is 76.9 cm³/mol. The van der Waals surface area contributed by atoms with Crippen molar-refractivity contribution in [1.82, 2.24) is 15.5 Å². The Morgan fingerprint density at radius 1 is 1.45 bits per heavy atom. The van der Waals surface area contributed by atoms with Gasteiger partial charge in [-0.2, -0.15) is 5.10 Å². The molecule has 0 fully saturated rings. The number of carbonyl (C=O) groups excluding carboxylic acids is 1. The van der Waals surface area contributed by atoms with E-state index in [2.05, 4.69) is 15.5 Å². The minimum Gasteiger partial charge on any atom is -0.349 e. The van der Waals surface area contributed by atoms with Gasteiger partial charge in [-0.1, -0.05) is 0 Å². The molecule has 0 bridgehead atoms. The van der Waals surface area contributed by atoms with Crippen LogP contribution in [-0.4, -0.2) is 21.9 Å². The van der Waals surface area contributed by atoms with Crippen LogP contribution in [0, 0.1) is 5.82 Å². The lowest BCUT2D eigenvalue weighted by Crippen LogP contribution is -2.26. The molecule has 1 atom stereocenters. The van der Waals surface area contributed by atoms with Crippen LogP contribution in [0.2, 0.25) is 0 Å². The second-order valence-corrected chi connectivity index (χ2v) is 5.54. The summed E-state index contributed by atoms with van der Waals surface area (Å²) in [7, 11) is 0. The molecule has 0 spiro atoms. The summed E-state index contributed by atoms with van der Waals surface area (Å²) in [5.41, 5.74) is 0.949. The third-order valence-corrected chi connectivity index (χ3v) is 3.82. The number of hydrogen-bond donors (Lipinski definition) is 2. The van der Waals surface area contributed by atoms with Crippen LogP contribution in [-0.2, 0) is 4.79 Å². The normalized spacial score (nSPS) is 12.1. The first kappa shape index (κ1) is 14.6. The Kier molecular flexibility index (Phi) is 5.17. The summed E-state index contributed by atoms with van der Waals surface area (Å²) in [5, 5.41) is 9.47. The maximum absolute atomic E-state index is 12.7. The summed E-state index contributed by atoms with van der Waals surface area (Å²) in [5.74, 6) is 0.407. The van der Waals surface area contributed by atoms with Gasteiger partial charge in [0.1, 0.15) is 5.82 Å². The van der Waals surface area contributed by atoms with Crippen molar-refractivity contribution >= 4 is 17.7 Å². The van der Waals surface area contributed by atoms with Crippen LogP contribution in [0.1, 0.15) is 24.9 Å². The van der Waals surface area contributed by atoms with Crippen molar-refractivity contribution in [2.24, 2.45) is 0 Å². The van der Waals surface area contributed by atoms with E-state index in [4.69, 9.17) is 0 Å². The van der Waals surface area contributed by atoms with Gasteiger partial charge in [-0.3, -0.25) is 9.89 Å². The number of halogens is 1. The molecule has 0 saturated heterocycles. The lowest BCUT2D eigenvalue weighted by molar-refractivity contribution is -0.121. The first-order chi connectivity index (χ1) is 9.65. The van der Waals surface area contributed by atoms with Crippen molar-refractivity contribution in [3.8, 4) is 0 Å². The van der Waals surface area contributed by atoms with Gasteiger partial charge in [0, 0.05) is 28.8 Å². The average Bonchev–Trinajstić information content (AvgIpc) is 2.95. The largest absolute Gasteiger partial charge is 0.349 e. The highest BCUT2D eigenvalue weighted by atomic mass is 32.2. The highest BCUT2D eigenvalue weighted by Gasteiger charge is 2.10. The third kappa shape index (κ3) is 4.38. The zero-order chi connectivity index (χ0) is 14.4. The molecule has 0 aliphatic carbocycles. The Bertz CT molecular complexity index is 542. The van der Waals surface area contributed by atoms with Crippen LogP contribution in [0.4, 0.5) is 4.39 Å². The number of hydrogen-bond acceptors (Lipinski definition) is 3. The van der Waals surface area contributed by atoms with Gasteiger partial charge in [0.05, 0.1) is 12.2 Å². The Labute approximate surface area is 121 Å². The molecule has 1 aromatic heterocycles. The van der Waals surface area contributed by atoms with Crippen molar-refractivity contribution < 1.29 is 9.18 Å². The first-order valence-electron chi connectivity index (χ1n) is 6.31. The lowest BCUT2D eigenvalue weighted by atomic mass is 10.2. The number of nitrogens with zero attached hydrogens (tertiary/aromatic N) is 1. The Balaban J connectivity index is 1.71. The number of rotatable bonds is 6. The van der Waals surface area contributed by atoms with E-state index in [0.29, 0.717) is 12.2 Å². The number of carbonyl (C=O) groups is 1. The number of nitrogens with one attached hydrogen (secondary N) is 2. The molecular formula is C14H16FN3OS. The van der Waals surface area contributed by atoms with E-state index in [9.17, 15) is 9.18 Å². The molecule has 106 valence electrons. The van der Waals surface area contributed by atoms with Crippen LogP contribution in [0.3, 0.4) is 0 Å². The smallest absolute Gasteiger partial charge is 0.221 e. The standard InChI is InChI=1S/C14H16FN3OS/c1-10(11-8-16-17-9-11)18-14(19)6-7-20-13-4-2-12(15)3-5-13/h2-5,8-10H,6-7H2,1H3,(H,16,17)(H,18,19). The van der Waals surface area contributed by atoms with Gasteiger partial charge in [-0.05, 0) is 31.2 Å². The van der Waals surface area contributed by atoms with Crippen molar-refractivity contribution in [1.29, 1.82) is 0 Å². The van der Waals surface area contributed by atoms with Gasteiger partial charge in [-0.25, -0.2) is 4.39 Å². The fourth-order valence-electron chi connectivity index (χ4n) is 1.69. The van der Waals surface area contributed by atoms with Gasteiger partial charge in [0.2, 0.25) is 5.91 Å². The van der Waals surface area contributed by atoms with Crippen molar-refractivity contribution in [3.05, 3.63) is 48.0 Å². The molecule has 2 N–H and O–H groups in total. The van der Waals surface area contributed by atoms with Crippen molar-refractivity contribution in [3.63, 3.8) is 0 Å². The first-order valence-corrected chi connectivity index (χ1v) is 7.30. The molecule has 1 unspecified atom stereocenters. The quantitative estimate of drug-likeness (QED) is 0.805. The van der Waals surface area contributed by atoms with Crippen LogP contribution < -0.4 is 5.32 Å². The van der Waals surface area contributed by atoms with Gasteiger partial charge in [0.15, 0.2) is 0 Å². The molecule has 20 heavy (non-hydrogen) atoms. The number of aromatic amines is 1. The summed E-state index contributed by atoms with van der Waals surface area (Å²) in [6, 6.07) is 6.21. The van der Waals surface area contributed by atoms with Gasteiger partial charge < -0.3 is 5.32 Å². The maximum atomic E-state index is 12.7. The second-order valence-electron chi connectivity index (χ2n) is 4.37. The summed E-state index contributed by atoms with van der Waals surface area (Å²) in [6.07, 6.45) is 3.88. The topological polar surface area (TPSA) is 57.8 Å². The summed E-state index contributed by atoms with van der Waals surface area (Å²) in [4.78, 5) is 12.7. The van der Waals surface area contributed by atoms with E-state index in [0.717, 1.165) is 10.5 Å².